The van der Waals surface area contributed by atoms with Crippen LogP contribution in [-0.2, 0) is 17.8 Å². The van der Waals surface area contributed by atoms with Crippen molar-refractivity contribution in [2.45, 2.75) is 19.9 Å². The molecule has 4 rings (SSSR count). The van der Waals surface area contributed by atoms with E-state index in [4.69, 9.17) is 14.3 Å². The Labute approximate surface area is 162 Å². The van der Waals surface area contributed by atoms with Gasteiger partial charge in [0.05, 0.1) is 17.8 Å². The van der Waals surface area contributed by atoms with Crippen LogP contribution in [0.2, 0.25) is 0 Å². The Morgan fingerprint density at radius 1 is 1.14 bits per heavy atom. The van der Waals surface area contributed by atoms with Crippen molar-refractivity contribution in [3.8, 4) is 17.2 Å². The number of ether oxygens (including phenoxy) is 1. The molecule has 0 aliphatic heterocycles. The Balaban J connectivity index is 1.47. The van der Waals surface area contributed by atoms with Crippen LogP contribution in [0.15, 0.2) is 65.2 Å². The van der Waals surface area contributed by atoms with Crippen LogP contribution in [0.25, 0.3) is 22.4 Å². The summed E-state index contributed by atoms with van der Waals surface area (Å²) in [5.41, 5.74) is 2.65. The van der Waals surface area contributed by atoms with Gasteiger partial charge in [0, 0.05) is 23.6 Å². The Kier molecular flexibility index (Phi) is 4.85. The fraction of sp³-hybridized carbons (Fsp3) is 0.182. The first-order valence-corrected chi connectivity index (χ1v) is 9.06. The number of aliphatic carboxylic acids is 1. The molecule has 0 aliphatic carbocycles. The lowest BCUT2D eigenvalue weighted by atomic mass is 10.2. The van der Waals surface area contributed by atoms with Crippen LogP contribution < -0.4 is 4.74 Å². The lowest BCUT2D eigenvalue weighted by Gasteiger charge is -2.08. The molecule has 0 radical (unpaired) electrons. The smallest absolute Gasteiger partial charge is 0.323 e. The van der Waals surface area contributed by atoms with Crippen LogP contribution >= 0.6 is 0 Å². The van der Waals surface area contributed by atoms with Gasteiger partial charge >= 0.3 is 5.97 Å². The summed E-state index contributed by atoms with van der Waals surface area (Å²) in [6.07, 6.45) is 2.38. The highest BCUT2D eigenvalue weighted by molar-refractivity contribution is 5.87. The molecule has 0 atom stereocenters. The van der Waals surface area contributed by atoms with Crippen molar-refractivity contribution < 1.29 is 19.1 Å². The second kappa shape index (κ2) is 7.60. The molecule has 2 heterocycles. The number of hydrogen-bond donors (Lipinski definition) is 1. The molecule has 0 fully saturated rings. The maximum Gasteiger partial charge on any atom is 0.323 e. The Morgan fingerprint density at radius 2 is 1.96 bits per heavy atom. The van der Waals surface area contributed by atoms with E-state index in [1.165, 1.54) is 0 Å². The number of carboxylic acid groups (broad SMARTS) is 1. The van der Waals surface area contributed by atoms with E-state index in [0.29, 0.717) is 18.9 Å². The summed E-state index contributed by atoms with van der Waals surface area (Å²) in [7, 11) is 0. The third-order valence-corrected chi connectivity index (χ3v) is 4.59. The fourth-order valence-corrected chi connectivity index (χ4v) is 3.23. The summed E-state index contributed by atoms with van der Waals surface area (Å²) >= 11 is 0. The van der Waals surface area contributed by atoms with Gasteiger partial charge in [-0.15, -0.1) is 0 Å². The van der Waals surface area contributed by atoms with Gasteiger partial charge in [-0.3, -0.25) is 4.79 Å². The van der Waals surface area contributed by atoms with Crippen LogP contribution in [0, 0.1) is 6.92 Å². The fourth-order valence-electron chi connectivity index (χ4n) is 3.23. The summed E-state index contributed by atoms with van der Waals surface area (Å²) in [5, 5.41) is 9.92. The van der Waals surface area contributed by atoms with E-state index < -0.39 is 5.97 Å². The number of nitrogens with zero attached hydrogens (tertiary/aromatic N) is 2. The molecule has 6 nitrogen and oxygen atoms in total. The third-order valence-electron chi connectivity index (χ3n) is 4.59. The lowest BCUT2D eigenvalue weighted by molar-refractivity contribution is -0.137. The minimum absolute atomic E-state index is 0.0760. The van der Waals surface area contributed by atoms with Crippen molar-refractivity contribution in [1.82, 2.24) is 9.55 Å². The number of aryl methyl sites for hydroxylation is 1. The van der Waals surface area contributed by atoms with Crippen LogP contribution in [0.1, 0.15) is 11.5 Å². The molecule has 0 unspecified atom stereocenters. The van der Waals surface area contributed by atoms with Crippen molar-refractivity contribution in [3.63, 3.8) is 0 Å². The van der Waals surface area contributed by atoms with Gasteiger partial charge in [-0.1, -0.05) is 24.3 Å². The zero-order chi connectivity index (χ0) is 19.5. The number of rotatable bonds is 7. The first kappa shape index (κ1) is 17.9. The van der Waals surface area contributed by atoms with Crippen LogP contribution in [0.5, 0.6) is 5.75 Å². The Morgan fingerprint density at radius 3 is 2.75 bits per heavy atom. The van der Waals surface area contributed by atoms with Gasteiger partial charge in [0.15, 0.2) is 0 Å². The molecule has 0 spiro atoms. The number of carbonyl (C=O) groups is 1. The van der Waals surface area contributed by atoms with Gasteiger partial charge in [0.1, 0.15) is 18.1 Å². The number of carboxylic acids is 1. The maximum absolute atomic E-state index is 11.0. The molecular formula is C22H20N2O4. The average molecular weight is 376 g/mol. The van der Waals surface area contributed by atoms with E-state index in [9.17, 15) is 4.79 Å². The molecule has 2 aromatic carbocycles. The molecule has 2 aromatic heterocycles. The maximum atomic E-state index is 11.0. The molecule has 0 aliphatic rings. The number of benzene rings is 2. The van der Waals surface area contributed by atoms with Crippen LogP contribution in [0.3, 0.4) is 0 Å². The minimum Gasteiger partial charge on any atom is -0.492 e. The predicted octanol–water partition coefficient (Wildman–Crippen LogP) is 4.31. The van der Waals surface area contributed by atoms with Crippen molar-refractivity contribution in [3.05, 3.63) is 72.2 Å². The van der Waals surface area contributed by atoms with E-state index in [-0.39, 0.29) is 6.54 Å². The standard InChI is InChI=1S/C22H20N2O4/c1-15-18(23-22(28-15)16-6-3-2-4-7-16)11-13-27-20-9-5-8-19-17(20)10-12-24(19)14-21(25)26/h2-10,12H,11,13-14H2,1H3,(H,25,26). The van der Waals surface area contributed by atoms with Crippen molar-refractivity contribution >= 4 is 16.9 Å². The monoisotopic (exact) mass is 376 g/mol. The molecule has 28 heavy (non-hydrogen) atoms. The highest BCUT2D eigenvalue weighted by Gasteiger charge is 2.12. The molecule has 142 valence electrons. The summed E-state index contributed by atoms with van der Waals surface area (Å²) in [6.45, 7) is 2.28. The van der Waals surface area contributed by atoms with Crippen LogP contribution in [0.4, 0.5) is 0 Å². The summed E-state index contributed by atoms with van der Waals surface area (Å²) in [4.78, 5) is 15.6. The molecule has 6 heteroatoms. The first-order valence-electron chi connectivity index (χ1n) is 9.06. The topological polar surface area (TPSA) is 77.5 Å². The molecular weight excluding hydrogens is 356 g/mol. The highest BCUT2D eigenvalue weighted by atomic mass is 16.5. The van der Waals surface area contributed by atoms with Crippen LogP contribution in [-0.4, -0.2) is 27.2 Å². The van der Waals surface area contributed by atoms with Crippen molar-refractivity contribution in [1.29, 1.82) is 0 Å². The molecule has 0 bridgehead atoms. The van der Waals surface area contributed by atoms with E-state index in [0.717, 1.165) is 33.7 Å². The van der Waals surface area contributed by atoms with Gasteiger partial charge in [-0.25, -0.2) is 4.98 Å². The average Bonchev–Trinajstić information content (AvgIpc) is 3.27. The molecule has 4 aromatic rings. The predicted molar refractivity (Wildman–Crippen MR) is 105 cm³/mol. The largest absolute Gasteiger partial charge is 0.492 e. The quantitative estimate of drug-likeness (QED) is 0.520. The first-order chi connectivity index (χ1) is 13.6. The third kappa shape index (κ3) is 3.62. The summed E-state index contributed by atoms with van der Waals surface area (Å²) < 4.78 is 13.5. The second-order valence-electron chi connectivity index (χ2n) is 6.51. The number of fused-ring (bicyclic) bond motifs is 1. The minimum atomic E-state index is -0.875. The highest BCUT2D eigenvalue weighted by Crippen LogP contribution is 2.27. The molecule has 0 saturated carbocycles. The number of oxazole rings is 1. The number of aromatic nitrogens is 2. The molecule has 1 N–H and O–H groups in total. The van der Waals surface area contributed by atoms with Crippen molar-refractivity contribution in [2.24, 2.45) is 0 Å². The van der Waals surface area contributed by atoms with E-state index >= 15 is 0 Å². The summed E-state index contributed by atoms with van der Waals surface area (Å²) in [5.74, 6) is 1.25. The van der Waals surface area contributed by atoms with Gasteiger partial charge in [0.25, 0.3) is 0 Å². The van der Waals surface area contributed by atoms with Gasteiger partial charge < -0.3 is 18.8 Å². The van der Waals surface area contributed by atoms with E-state index in [1.807, 2.05) is 61.5 Å². The van der Waals surface area contributed by atoms with Gasteiger partial charge in [0.2, 0.25) is 5.89 Å². The number of hydrogen-bond acceptors (Lipinski definition) is 4. The Hall–Kier alpha value is -3.54. The Bertz CT molecular complexity index is 1110. The normalized spacial score (nSPS) is 11.0. The lowest BCUT2D eigenvalue weighted by Crippen LogP contribution is -2.07. The SMILES string of the molecule is Cc1oc(-c2ccccc2)nc1CCOc1cccc2c1ccn2CC(=O)O. The van der Waals surface area contributed by atoms with Gasteiger partial charge in [-0.05, 0) is 37.3 Å². The van der Waals surface area contributed by atoms with Crippen molar-refractivity contribution in [2.75, 3.05) is 6.61 Å². The molecule has 0 saturated heterocycles. The zero-order valence-electron chi connectivity index (χ0n) is 15.5. The molecule has 0 amide bonds. The van der Waals surface area contributed by atoms with E-state index in [2.05, 4.69) is 4.98 Å². The zero-order valence-corrected chi connectivity index (χ0v) is 15.5. The second-order valence-corrected chi connectivity index (χ2v) is 6.51. The summed E-state index contributed by atoms with van der Waals surface area (Å²) in [6, 6.07) is 17.3. The van der Waals surface area contributed by atoms with E-state index in [1.54, 1.807) is 10.8 Å². The van der Waals surface area contributed by atoms with Gasteiger partial charge in [-0.2, -0.15) is 0 Å².